The molecule has 16 heavy (non-hydrogen) atoms. The molecule has 0 radical (unpaired) electrons. The minimum atomic E-state index is 0.179. The van der Waals surface area contributed by atoms with Gasteiger partial charge in [-0.15, -0.1) is 5.10 Å². The number of aliphatic hydroxyl groups excluding tert-OH is 1. The molecule has 5 nitrogen and oxygen atoms in total. The average molecular weight is 218 g/mol. The number of hydrogen-bond acceptors (Lipinski definition) is 4. The van der Waals surface area contributed by atoms with Crippen molar-refractivity contribution in [3.63, 3.8) is 0 Å². The van der Waals surface area contributed by atoms with Crippen molar-refractivity contribution in [1.29, 1.82) is 0 Å². The van der Waals surface area contributed by atoms with E-state index < -0.39 is 0 Å². The Morgan fingerprint density at radius 3 is 3.00 bits per heavy atom. The van der Waals surface area contributed by atoms with E-state index in [9.17, 15) is 0 Å². The molecule has 0 atom stereocenters. The minimum Gasteiger partial charge on any atom is -0.396 e. The van der Waals surface area contributed by atoms with Crippen LogP contribution in [-0.4, -0.2) is 31.7 Å². The second-order valence-electron chi connectivity index (χ2n) is 3.70. The zero-order valence-electron chi connectivity index (χ0n) is 9.17. The Kier molecular flexibility index (Phi) is 3.26. The molecular weight excluding hydrogens is 204 g/mol. The van der Waals surface area contributed by atoms with E-state index in [0.717, 1.165) is 23.4 Å². The van der Waals surface area contributed by atoms with Crippen molar-refractivity contribution in [2.75, 3.05) is 6.61 Å². The normalized spacial score (nSPS) is 10.6. The maximum Gasteiger partial charge on any atom is 0.0849 e. The lowest BCUT2D eigenvalue weighted by Gasteiger charge is -1.99. The van der Waals surface area contributed by atoms with E-state index in [1.54, 1.807) is 17.1 Å². The third-order valence-corrected chi connectivity index (χ3v) is 2.26. The molecule has 0 saturated heterocycles. The van der Waals surface area contributed by atoms with Gasteiger partial charge in [0.25, 0.3) is 0 Å². The van der Waals surface area contributed by atoms with Crippen molar-refractivity contribution in [1.82, 2.24) is 20.0 Å². The van der Waals surface area contributed by atoms with E-state index in [0.29, 0.717) is 6.42 Å². The lowest BCUT2D eigenvalue weighted by atomic mass is 10.2. The number of nitrogens with zero attached hydrogens (tertiary/aromatic N) is 4. The van der Waals surface area contributed by atoms with Crippen molar-refractivity contribution in [2.24, 2.45) is 0 Å². The molecule has 2 aromatic heterocycles. The highest BCUT2D eigenvalue weighted by Gasteiger charge is 2.02. The Balaban J connectivity index is 2.18. The molecule has 0 spiro atoms. The van der Waals surface area contributed by atoms with Gasteiger partial charge in [0.05, 0.1) is 23.8 Å². The number of aromatic nitrogens is 4. The Morgan fingerprint density at radius 1 is 1.38 bits per heavy atom. The third kappa shape index (κ3) is 2.43. The lowest BCUT2D eigenvalue weighted by molar-refractivity contribution is 0.288. The highest BCUT2D eigenvalue weighted by molar-refractivity contribution is 5.30. The first-order valence-electron chi connectivity index (χ1n) is 5.23. The van der Waals surface area contributed by atoms with Gasteiger partial charge in [0.15, 0.2) is 0 Å². The van der Waals surface area contributed by atoms with Crippen LogP contribution in [0.4, 0.5) is 0 Å². The summed E-state index contributed by atoms with van der Waals surface area (Å²) < 4.78 is 1.70. The van der Waals surface area contributed by atoms with Crippen LogP contribution in [-0.2, 0) is 6.42 Å². The van der Waals surface area contributed by atoms with Gasteiger partial charge in [-0.05, 0) is 31.4 Å². The van der Waals surface area contributed by atoms with Gasteiger partial charge in [-0.1, -0.05) is 5.21 Å². The van der Waals surface area contributed by atoms with Gasteiger partial charge in [-0.2, -0.15) is 0 Å². The summed E-state index contributed by atoms with van der Waals surface area (Å²) in [5, 5.41) is 16.8. The highest BCUT2D eigenvalue weighted by Crippen LogP contribution is 2.07. The third-order valence-electron chi connectivity index (χ3n) is 2.26. The number of pyridine rings is 1. The quantitative estimate of drug-likeness (QED) is 0.828. The maximum absolute atomic E-state index is 8.72. The summed E-state index contributed by atoms with van der Waals surface area (Å²) >= 11 is 0. The first-order valence-corrected chi connectivity index (χ1v) is 5.23. The molecule has 0 fully saturated rings. The Labute approximate surface area is 93.8 Å². The zero-order valence-corrected chi connectivity index (χ0v) is 9.17. The number of aliphatic hydroxyl groups is 1. The van der Waals surface area contributed by atoms with E-state index in [1.165, 1.54) is 0 Å². The summed E-state index contributed by atoms with van der Waals surface area (Å²) in [7, 11) is 0. The van der Waals surface area contributed by atoms with Crippen LogP contribution in [0.5, 0.6) is 0 Å². The fraction of sp³-hybridized carbons (Fsp3) is 0.364. The second kappa shape index (κ2) is 4.85. The average Bonchev–Trinajstić information content (AvgIpc) is 2.75. The number of hydrogen-bond donors (Lipinski definition) is 1. The molecule has 2 heterocycles. The summed E-state index contributed by atoms with van der Waals surface area (Å²) in [5.74, 6) is 0. The summed E-state index contributed by atoms with van der Waals surface area (Å²) in [4.78, 5) is 4.10. The van der Waals surface area contributed by atoms with Crippen LogP contribution in [0.25, 0.3) is 5.69 Å². The van der Waals surface area contributed by atoms with E-state index in [-0.39, 0.29) is 6.61 Å². The van der Waals surface area contributed by atoms with Crippen LogP contribution in [0.1, 0.15) is 17.7 Å². The smallest absolute Gasteiger partial charge is 0.0849 e. The molecule has 84 valence electrons. The van der Waals surface area contributed by atoms with Crippen LogP contribution < -0.4 is 0 Å². The fourth-order valence-electron chi connectivity index (χ4n) is 1.46. The molecule has 1 N–H and O–H groups in total. The molecule has 0 aromatic carbocycles. The van der Waals surface area contributed by atoms with Crippen molar-refractivity contribution >= 4 is 0 Å². The molecule has 2 rings (SSSR count). The summed E-state index contributed by atoms with van der Waals surface area (Å²) in [6.45, 7) is 2.17. The molecule has 0 aliphatic heterocycles. The molecule has 0 bridgehead atoms. The molecule has 2 aromatic rings. The molecule has 5 heteroatoms. The van der Waals surface area contributed by atoms with Crippen LogP contribution in [0.15, 0.2) is 24.7 Å². The molecule has 0 amide bonds. The molecule has 0 aliphatic carbocycles. The van der Waals surface area contributed by atoms with Crippen molar-refractivity contribution < 1.29 is 5.11 Å². The van der Waals surface area contributed by atoms with Crippen molar-refractivity contribution in [2.45, 2.75) is 19.8 Å². The number of aryl methyl sites for hydroxylation is 2. The molecule has 0 aliphatic rings. The van der Waals surface area contributed by atoms with Gasteiger partial charge in [0.1, 0.15) is 0 Å². The van der Waals surface area contributed by atoms with Crippen molar-refractivity contribution in [3.05, 3.63) is 35.9 Å². The molecule has 0 saturated carbocycles. The van der Waals surface area contributed by atoms with E-state index in [2.05, 4.69) is 15.3 Å². The minimum absolute atomic E-state index is 0.179. The van der Waals surface area contributed by atoms with Gasteiger partial charge in [0.2, 0.25) is 0 Å². The van der Waals surface area contributed by atoms with Gasteiger partial charge in [-0.25, -0.2) is 4.68 Å². The summed E-state index contributed by atoms with van der Waals surface area (Å²) in [5.41, 5.74) is 2.88. The van der Waals surface area contributed by atoms with E-state index >= 15 is 0 Å². The monoisotopic (exact) mass is 218 g/mol. The predicted molar refractivity (Wildman–Crippen MR) is 59.3 cm³/mol. The van der Waals surface area contributed by atoms with Crippen LogP contribution in [0.2, 0.25) is 0 Å². The van der Waals surface area contributed by atoms with Crippen LogP contribution in [0, 0.1) is 6.92 Å². The van der Waals surface area contributed by atoms with E-state index in [1.807, 2.05) is 19.2 Å². The molecule has 0 unspecified atom stereocenters. The van der Waals surface area contributed by atoms with E-state index in [4.69, 9.17) is 5.11 Å². The Bertz CT molecular complexity index is 467. The zero-order chi connectivity index (χ0) is 11.4. The second-order valence-corrected chi connectivity index (χ2v) is 3.70. The SMILES string of the molecule is Cc1cncc(-n2cc(CCCO)nn2)c1. The Morgan fingerprint density at radius 2 is 2.25 bits per heavy atom. The largest absolute Gasteiger partial charge is 0.396 e. The van der Waals surface area contributed by atoms with Gasteiger partial charge in [0, 0.05) is 12.8 Å². The topological polar surface area (TPSA) is 63.8 Å². The van der Waals surface area contributed by atoms with Gasteiger partial charge >= 0.3 is 0 Å². The highest BCUT2D eigenvalue weighted by atomic mass is 16.2. The standard InChI is InChI=1S/C11H14N4O/c1-9-5-11(7-12-6-9)15-8-10(13-14-15)3-2-4-16/h5-8,16H,2-4H2,1H3. The predicted octanol–water partition coefficient (Wildman–Crippen LogP) is 0.896. The number of rotatable bonds is 4. The first-order chi connectivity index (χ1) is 7.79. The first kappa shape index (κ1) is 10.8. The lowest BCUT2D eigenvalue weighted by Crippen LogP contribution is -1.96. The van der Waals surface area contributed by atoms with Crippen LogP contribution in [0.3, 0.4) is 0 Å². The Hall–Kier alpha value is -1.75. The maximum atomic E-state index is 8.72. The van der Waals surface area contributed by atoms with Crippen LogP contribution >= 0.6 is 0 Å². The molecular formula is C11H14N4O. The summed E-state index contributed by atoms with van der Waals surface area (Å²) in [6.07, 6.45) is 6.87. The van der Waals surface area contributed by atoms with Gasteiger partial charge < -0.3 is 5.11 Å². The van der Waals surface area contributed by atoms with Crippen molar-refractivity contribution in [3.8, 4) is 5.69 Å². The fourth-order valence-corrected chi connectivity index (χ4v) is 1.46. The summed E-state index contributed by atoms with van der Waals surface area (Å²) in [6, 6.07) is 2.00. The van der Waals surface area contributed by atoms with Gasteiger partial charge in [-0.3, -0.25) is 4.98 Å².